The van der Waals surface area contributed by atoms with Crippen molar-refractivity contribution >= 4 is 17.5 Å². The number of hydrogen-bond acceptors (Lipinski definition) is 10. The van der Waals surface area contributed by atoms with Crippen molar-refractivity contribution in [2.75, 3.05) is 14.2 Å². The highest BCUT2D eigenvalue weighted by Crippen LogP contribution is 2.72. The lowest BCUT2D eigenvalue weighted by Crippen LogP contribution is -2.86. The number of hydrogen-bond donors (Lipinski definition) is 3. The molecule has 0 unspecified atom stereocenters. The van der Waals surface area contributed by atoms with Gasteiger partial charge in [-0.15, -0.1) is 0 Å². The first-order valence-corrected chi connectivity index (χ1v) is 15.7. The Labute approximate surface area is 268 Å². The van der Waals surface area contributed by atoms with Crippen LogP contribution in [0.5, 0.6) is 17.2 Å². The number of rotatable bonds is 8. The zero-order valence-corrected chi connectivity index (χ0v) is 27.9. The number of aromatic hydroxyl groups is 1. The quantitative estimate of drug-likeness (QED) is 0.280. The van der Waals surface area contributed by atoms with Crippen LogP contribution < -0.4 is 9.47 Å². The highest BCUT2D eigenvalue weighted by Gasteiger charge is 2.90. The van der Waals surface area contributed by atoms with Crippen LogP contribution in [0.4, 0.5) is 0 Å². The Morgan fingerprint density at radius 2 is 1.80 bits per heavy atom. The Kier molecular flexibility index (Phi) is 7.02. The predicted molar refractivity (Wildman–Crippen MR) is 164 cm³/mol. The molecule has 46 heavy (non-hydrogen) atoms. The molecular weight excluding hydrogens is 596 g/mol. The van der Waals surface area contributed by atoms with E-state index < -0.39 is 75.5 Å². The Morgan fingerprint density at radius 3 is 2.37 bits per heavy atom. The second-order valence-electron chi connectivity index (χ2n) is 14.8. The summed E-state index contributed by atoms with van der Waals surface area (Å²) in [6, 6.07) is 0. The molecule has 4 bridgehead atoms. The molecule has 1 aromatic carbocycles. The van der Waals surface area contributed by atoms with Gasteiger partial charge in [0.1, 0.15) is 35.0 Å². The smallest absolute Gasteiger partial charge is 0.330 e. The molecule has 0 aromatic heterocycles. The van der Waals surface area contributed by atoms with Crippen LogP contribution in [0.1, 0.15) is 82.8 Å². The standard InChI is InChI=1S/C35H44O11/c1-15(2)19(36)13-18-24(37)21-25(38)22-28(42-9)33(43-10)14-20-32(7,8)46-34(30(33)41,12-11-16(3)29(39)40)35(20,22)45-27(21)23-26(18)44-17(4)31(23,5)6/h11,17,19-20,22,28,36-37H,1,12-14H2,2-10H3,(H,39,40)/b16-11-/t17-,19+,20+,22-,28-,33-,34+,35+/m0/s1. The molecule has 250 valence electrons. The monoisotopic (exact) mass is 640 g/mol. The Hall–Kier alpha value is -3.25. The first-order chi connectivity index (χ1) is 21.3. The molecule has 4 fully saturated rings. The number of aliphatic hydroxyl groups excluding tert-OH is 1. The van der Waals surface area contributed by atoms with Crippen molar-refractivity contribution in [1.29, 1.82) is 0 Å². The summed E-state index contributed by atoms with van der Waals surface area (Å²) in [6.07, 6.45) is -1.24. The predicted octanol–water partition coefficient (Wildman–Crippen LogP) is 3.83. The summed E-state index contributed by atoms with van der Waals surface area (Å²) in [4.78, 5) is 42.0. The normalized spacial score (nSPS) is 36.8. The van der Waals surface area contributed by atoms with Gasteiger partial charge < -0.3 is 39.0 Å². The minimum absolute atomic E-state index is 0.00123. The number of benzene rings is 1. The van der Waals surface area contributed by atoms with E-state index in [1.165, 1.54) is 27.2 Å². The maximum atomic E-state index is 15.2. The van der Waals surface area contributed by atoms with E-state index in [-0.39, 0.29) is 47.5 Å². The maximum absolute atomic E-state index is 15.2. The van der Waals surface area contributed by atoms with Crippen LogP contribution >= 0.6 is 0 Å². The van der Waals surface area contributed by atoms with Gasteiger partial charge in [0, 0.05) is 55.1 Å². The van der Waals surface area contributed by atoms with Crippen molar-refractivity contribution in [2.24, 2.45) is 11.8 Å². The second kappa shape index (κ2) is 9.88. The second-order valence-corrected chi connectivity index (χ2v) is 14.8. The number of carboxylic acid groups (broad SMARTS) is 1. The van der Waals surface area contributed by atoms with E-state index in [2.05, 4.69) is 6.58 Å². The van der Waals surface area contributed by atoms with Crippen molar-refractivity contribution in [2.45, 2.75) is 114 Å². The van der Waals surface area contributed by atoms with Gasteiger partial charge in [0.25, 0.3) is 0 Å². The van der Waals surface area contributed by atoms with Crippen LogP contribution in [0.2, 0.25) is 0 Å². The van der Waals surface area contributed by atoms with Crippen molar-refractivity contribution in [3.8, 4) is 17.2 Å². The highest BCUT2D eigenvalue weighted by molar-refractivity contribution is 6.11. The number of carbonyl (C=O) groups excluding carboxylic acids is 2. The van der Waals surface area contributed by atoms with Crippen LogP contribution in [-0.2, 0) is 35.6 Å². The van der Waals surface area contributed by atoms with Crippen LogP contribution in [0.3, 0.4) is 0 Å². The highest BCUT2D eigenvalue weighted by atomic mass is 16.6. The van der Waals surface area contributed by atoms with Crippen LogP contribution in [0, 0.1) is 11.8 Å². The third kappa shape index (κ3) is 3.65. The fourth-order valence-corrected chi connectivity index (χ4v) is 9.01. The van der Waals surface area contributed by atoms with Gasteiger partial charge in [0.15, 0.2) is 22.6 Å². The van der Waals surface area contributed by atoms with Crippen LogP contribution in [0.15, 0.2) is 23.8 Å². The van der Waals surface area contributed by atoms with Crippen molar-refractivity contribution < 1.29 is 53.4 Å². The Bertz CT molecular complexity index is 1620. The fourth-order valence-electron chi connectivity index (χ4n) is 9.01. The van der Waals surface area contributed by atoms with E-state index in [0.717, 1.165) is 0 Å². The number of aliphatic hydroxyl groups is 1. The number of carbonyl (C=O) groups is 3. The lowest BCUT2D eigenvalue weighted by molar-refractivity contribution is -0.267. The molecule has 8 atom stereocenters. The third-order valence-corrected chi connectivity index (χ3v) is 11.8. The molecule has 11 heteroatoms. The van der Waals surface area contributed by atoms with E-state index >= 15 is 4.79 Å². The molecule has 3 N–H and O–H groups in total. The number of fused-ring (bicyclic) bond motifs is 3. The average molecular weight is 641 g/mol. The number of phenolic OH excluding ortho intramolecular Hbond substituents is 1. The molecule has 3 heterocycles. The summed E-state index contributed by atoms with van der Waals surface area (Å²) in [5, 5.41) is 32.5. The van der Waals surface area contributed by atoms with Gasteiger partial charge in [-0.25, -0.2) is 4.79 Å². The van der Waals surface area contributed by atoms with Gasteiger partial charge in [-0.2, -0.15) is 0 Å². The molecule has 3 saturated carbocycles. The number of phenols is 1. The molecule has 1 aromatic rings. The largest absolute Gasteiger partial charge is 0.507 e. The average Bonchev–Trinajstić information content (AvgIpc) is 3.30. The molecule has 0 amide bonds. The maximum Gasteiger partial charge on any atom is 0.330 e. The molecule has 7 rings (SSSR count). The van der Waals surface area contributed by atoms with Crippen LogP contribution in [0.25, 0.3) is 0 Å². The van der Waals surface area contributed by atoms with Crippen molar-refractivity contribution in [3.63, 3.8) is 0 Å². The van der Waals surface area contributed by atoms with Gasteiger partial charge in [-0.3, -0.25) is 9.59 Å². The zero-order chi connectivity index (χ0) is 34.1. The van der Waals surface area contributed by atoms with Crippen molar-refractivity contribution in [3.05, 3.63) is 40.5 Å². The Balaban J connectivity index is 1.71. The van der Waals surface area contributed by atoms with Gasteiger partial charge in [-0.05, 0) is 41.0 Å². The first-order valence-electron chi connectivity index (χ1n) is 15.7. The number of carboxylic acids is 1. The van der Waals surface area contributed by atoms with E-state index in [0.29, 0.717) is 16.9 Å². The summed E-state index contributed by atoms with van der Waals surface area (Å²) in [5.74, 6) is -3.90. The summed E-state index contributed by atoms with van der Waals surface area (Å²) < 4.78 is 32.4. The van der Waals surface area contributed by atoms with E-state index in [4.69, 9.17) is 23.7 Å². The van der Waals surface area contributed by atoms with Gasteiger partial charge >= 0.3 is 5.97 Å². The van der Waals surface area contributed by atoms with Gasteiger partial charge in [0.2, 0.25) is 5.78 Å². The molecule has 1 spiro atoms. The van der Waals surface area contributed by atoms with Gasteiger partial charge in [0.05, 0.1) is 17.6 Å². The molecule has 6 aliphatic rings. The molecule has 3 aliphatic carbocycles. The summed E-state index contributed by atoms with van der Waals surface area (Å²) >= 11 is 0. The number of ketones is 2. The molecule has 11 nitrogen and oxygen atoms in total. The Morgan fingerprint density at radius 1 is 1.15 bits per heavy atom. The first kappa shape index (κ1) is 32.7. The molecule has 1 saturated heterocycles. The lowest BCUT2D eigenvalue weighted by atomic mass is 9.44. The summed E-state index contributed by atoms with van der Waals surface area (Å²) in [6.45, 7) is 16.4. The number of methoxy groups -OCH3 is 2. The number of aliphatic carboxylic acids is 1. The topological polar surface area (TPSA) is 158 Å². The minimum Gasteiger partial charge on any atom is -0.507 e. The SMILES string of the molecule is C=C(C)[C@H](O)Cc1c(O)c2c(c3c1O[C@@H](C)C3(C)C)O[C@@]13[C@@H]4C[C@@](OC)(C(=O)[C@@]1(C/C=C(/C)C(=O)O)OC4(C)C)[C@@H](OC)[C@@H]3C2=O. The lowest BCUT2D eigenvalue weighted by Gasteiger charge is -2.65. The third-order valence-electron chi connectivity index (χ3n) is 11.8. The van der Waals surface area contributed by atoms with Crippen molar-refractivity contribution in [1.82, 2.24) is 0 Å². The molecule has 0 radical (unpaired) electrons. The van der Waals surface area contributed by atoms with Gasteiger partial charge in [-0.1, -0.05) is 32.1 Å². The summed E-state index contributed by atoms with van der Waals surface area (Å²) in [5.41, 5.74) is -5.68. The van der Waals surface area contributed by atoms with E-state index in [9.17, 15) is 24.9 Å². The van der Waals surface area contributed by atoms with Crippen LogP contribution in [-0.4, -0.2) is 87.8 Å². The molecule has 3 aliphatic heterocycles. The minimum atomic E-state index is -1.84. The number of Topliss-reactive ketones (excluding diaryl/α,β-unsaturated/α-hetero) is 2. The summed E-state index contributed by atoms with van der Waals surface area (Å²) in [7, 11) is 2.80. The fraction of sp³-hybridized carbons (Fsp3) is 0.629. The van der Waals surface area contributed by atoms with E-state index in [1.807, 2.05) is 34.6 Å². The zero-order valence-electron chi connectivity index (χ0n) is 27.9. The molecular formula is C35H44O11. The number of ether oxygens (including phenoxy) is 5. The van der Waals surface area contributed by atoms with E-state index in [1.54, 1.807) is 6.92 Å².